The lowest BCUT2D eigenvalue weighted by Gasteiger charge is -2.57. The number of carbonyl (C=O) groups excluding carboxylic acids is 1. The average Bonchev–Trinajstić information content (AvgIpc) is 2.41. The third-order valence-electron chi connectivity index (χ3n) is 6.30. The van der Waals surface area contributed by atoms with E-state index in [-0.39, 0.29) is 11.9 Å². The first-order valence-corrected chi connectivity index (χ1v) is 9.02. The fourth-order valence-electron chi connectivity index (χ4n) is 5.90. The Labute approximate surface area is 129 Å². The molecule has 0 aromatic heterocycles. The third kappa shape index (κ3) is 3.13. The summed E-state index contributed by atoms with van der Waals surface area (Å²) >= 11 is 0. The van der Waals surface area contributed by atoms with Crippen molar-refractivity contribution < 1.29 is 4.79 Å². The molecule has 3 heteroatoms. The molecule has 3 nitrogen and oxygen atoms in total. The van der Waals surface area contributed by atoms with E-state index in [2.05, 4.69) is 6.92 Å². The number of unbranched alkanes of at least 4 members (excludes halogenated alkanes) is 1. The Bertz CT molecular complexity index is 357. The molecular formula is C18H32N2O. The monoisotopic (exact) mass is 292 g/mol. The van der Waals surface area contributed by atoms with E-state index >= 15 is 0 Å². The maximum absolute atomic E-state index is 12.5. The summed E-state index contributed by atoms with van der Waals surface area (Å²) in [5, 5.41) is 0. The highest BCUT2D eigenvalue weighted by atomic mass is 16.2. The number of hydrogen-bond acceptors (Lipinski definition) is 2. The first-order valence-electron chi connectivity index (χ1n) is 9.02. The van der Waals surface area contributed by atoms with Crippen molar-refractivity contribution in [2.45, 2.75) is 70.8 Å². The van der Waals surface area contributed by atoms with Crippen LogP contribution in [0.25, 0.3) is 0 Å². The molecule has 0 aliphatic heterocycles. The average molecular weight is 292 g/mol. The largest absolute Gasteiger partial charge is 0.344 e. The highest BCUT2D eigenvalue weighted by molar-refractivity contribution is 5.81. The fourth-order valence-corrected chi connectivity index (χ4v) is 5.90. The fraction of sp³-hybridized carbons (Fsp3) is 0.944. The summed E-state index contributed by atoms with van der Waals surface area (Å²) in [5.74, 6) is 3.02. The SMILES string of the molecule is CCCC[C@H](N)C(=O)N(C)CC12CC3CC(CC(C3)C1)C2. The second-order valence-corrected chi connectivity index (χ2v) is 8.36. The number of amides is 1. The van der Waals surface area contributed by atoms with Gasteiger partial charge in [0.15, 0.2) is 0 Å². The van der Waals surface area contributed by atoms with Crippen molar-refractivity contribution in [3.8, 4) is 0 Å². The van der Waals surface area contributed by atoms with E-state index in [0.717, 1.165) is 43.6 Å². The lowest BCUT2D eigenvalue weighted by Crippen LogP contribution is -2.53. The second-order valence-electron chi connectivity index (χ2n) is 8.36. The van der Waals surface area contributed by atoms with Gasteiger partial charge in [-0.2, -0.15) is 0 Å². The van der Waals surface area contributed by atoms with Crippen LogP contribution < -0.4 is 5.73 Å². The lowest BCUT2D eigenvalue weighted by atomic mass is 9.49. The van der Waals surface area contributed by atoms with Gasteiger partial charge < -0.3 is 10.6 Å². The normalized spacial score (nSPS) is 38.5. The zero-order chi connectivity index (χ0) is 15.0. The molecule has 0 aromatic rings. The Balaban J connectivity index is 1.59. The lowest BCUT2D eigenvalue weighted by molar-refractivity contribution is -0.136. The van der Waals surface area contributed by atoms with Crippen LogP contribution in [0.2, 0.25) is 0 Å². The van der Waals surface area contributed by atoms with Gasteiger partial charge in [-0.3, -0.25) is 4.79 Å². The molecule has 0 aromatic carbocycles. The summed E-state index contributed by atoms with van der Waals surface area (Å²) < 4.78 is 0. The van der Waals surface area contributed by atoms with Crippen molar-refractivity contribution in [2.75, 3.05) is 13.6 Å². The Hall–Kier alpha value is -0.570. The zero-order valence-corrected chi connectivity index (χ0v) is 13.8. The Morgan fingerprint density at radius 2 is 1.71 bits per heavy atom. The van der Waals surface area contributed by atoms with Crippen LogP contribution in [0.1, 0.15) is 64.7 Å². The van der Waals surface area contributed by atoms with Gasteiger partial charge in [-0.1, -0.05) is 19.8 Å². The van der Waals surface area contributed by atoms with Crippen LogP contribution in [0.15, 0.2) is 0 Å². The van der Waals surface area contributed by atoms with Gasteiger partial charge >= 0.3 is 0 Å². The van der Waals surface area contributed by atoms with Gasteiger partial charge in [0.1, 0.15) is 0 Å². The summed E-state index contributed by atoms with van der Waals surface area (Å²) in [6, 6.07) is -0.288. The van der Waals surface area contributed by atoms with Crippen LogP contribution >= 0.6 is 0 Å². The summed E-state index contributed by atoms with van der Waals surface area (Å²) in [6.45, 7) is 3.10. The molecule has 0 heterocycles. The van der Waals surface area contributed by atoms with Gasteiger partial charge in [0.2, 0.25) is 5.91 Å². The molecule has 2 N–H and O–H groups in total. The van der Waals surface area contributed by atoms with E-state index in [9.17, 15) is 4.79 Å². The topological polar surface area (TPSA) is 46.3 Å². The van der Waals surface area contributed by atoms with Gasteiger partial charge in [-0.15, -0.1) is 0 Å². The number of likely N-dealkylation sites (N-methyl/N-ethyl adjacent to an activating group) is 1. The zero-order valence-electron chi connectivity index (χ0n) is 13.8. The minimum Gasteiger partial charge on any atom is -0.344 e. The Morgan fingerprint density at radius 1 is 1.19 bits per heavy atom. The molecule has 0 spiro atoms. The van der Waals surface area contributed by atoms with E-state index in [1.54, 1.807) is 0 Å². The van der Waals surface area contributed by atoms with Crippen molar-refractivity contribution >= 4 is 5.91 Å². The molecule has 4 bridgehead atoms. The molecular weight excluding hydrogens is 260 g/mol. The van der Waals surface area contributed by atoms with Crippen LogP contribution in [0.5, 0.6) is 0 Å². The van der Waals surface area contributed by atoms with Gasteiger partial charge in [0.25, 0.3) is 0 Å². The van der Waals surface area contributed by atoms with Crippen LogP contribution in [0.3, 0.4) is 0 Å². The standard InChI is InChI=1S/C18H32N2O/c1-3-4-5-16(19)17(21)20(2)12-18-9-13-6-14(10-18)8-15(7-13)11-18/h13-16H,3-12,19H2,1-2H3/t13?,14?,15?,16-,18?/m0/s1. The van der Waals surface area contributed by atoms with Crippen molar-refractivity contribution in [3.63, 3.8) is 0 Å². The molecule has 21 heavy (non-hydrogen) atoms. The molecule has 0 radical (unpaired) electrons. The molecule has 0 unspecified atom stereocenters. The predicted octanol–water partition coefficient (Wildman–Crippen LogP) is 3.18. The van der Waals surface area contributed by atoms with Crippen LogP contribution in [-0.2, 0) is 4.79 Å². The summed E-state index contributed by atoms with van der Waals surface area (Å²) in [6.07, 6.45) is 11.5. The summed E-state index contributed by atoms with van der Waals surface area (Å²) in [5.41, 5.74) is 6.51. The molecule has 1 amide bonds. The summed E-state index contributed by atoms with van der Waals surface area (Å²) in [4.78, 5) is 14.4. The molecule has 1 atom stereocenters. The Morgan fingerprint density at radius 3 is 2.19 bits per heavy atom. The number of nitrogens with two attached hydrogens (primary N) is 1. The number of rotatable bonds is 6. The van der Waals surface area contributed by atoms with E-state index < -0.39 is 0 Å². The number of hydrogen-bond donors (Lipinski definition) is 1. The second kappa shape index (κ2) is 5.91. The smallest absolute Gasteiger partial charge is 0.239 e. The first-order chi connectivity index (χ1) is 10.0. The van der Waals surface area contributed by atoms with Crippen LogP contribution in [0.4, 0.5) is 0 Å². The van der Waals surface area contributed by atoms with Crippen molar-refractivity contribution in [3.05, 3.63) is 0 Å². The number of nitrogens with zero attached hydrogens (tertiary/aromatic N) is 1. The maximum Gasteiger partial charge on any atom is 0.239 e. The first kappa shape index (κ1) is 15.3. The minimum atomic E-state index is -0.288. The molecule has 4 aliphatic rings. The van der Waals surface area contributed by atoms with Crippen LogP contribution in [0, 0.1) is 23.2 Å². The van der Waals surface area contributed by atoms with Crippen LogP contribution in [-0.4, -0.2) is 30.4 Å². The maximum atomic E-state index is 12.5. The molecule has 0 saturated heterocycles. The quantitative estimate of drug-likeness (QED) is 0.817. The van der Waals surface area contributed by atoms with Gasteiger partial charge in [0.05, 0.1) is 6.04 Å². The number of carbonyl (C=O) groups is 1. The van der Waals surface area contributed by atoms with Crippen molar-refractivity contribution in [1.29, 1.82) is 0 Å². The molecule has 4 rings (SSSR count). The summed E-state index contributed by atoms with van der Waals surface area (Å²) in [7, 11) is 1.98. The van der Waals surface area contributed by atoms with E-state index in [4.69, 9.17) is 5.73 Å². The van der Waals surface area contributed by atoms with E-state index in [1.165, 1.54) is 38.5 Å². The van der Waals surface area contributed by atoms with Gasteiger partial charge in [-0.05, 0) is 68.1 Å². The molecule has 4 saturated carbocycles. The Kier molecular flexibility index (Phi) is 4.31. The highest BCUT2D eigenvalue weighted by Crippen LogP contribution is 2.60. The van der Waals surface area contributed by atoms with Crippen molar-refractivity contribution in [1.82, 2.24) is 4.90 Å². The van der Waals surface area contributed by atoms with E-state index in [0.29, 0.717) is 5.41 Å². The molecule has 120 valence electrons. The molecule has 4 fully saturated rings. The highest BCUT2D eigenvalue weighted by Gasteiger charge is 2.51. The van der Waals surface area contributed by atoms with E-state index in [1.807, 2.05) is 11.9 Å². The third-order valence-corrected chi connectivity index (χ3v) is 6.30. The predicted molar refractivity (Wildman–Crippen MR) is 85.7 cm³/mol. The van der Waals surface area contributed by atoms with Gasteiger partial charge in [0, 0.05) is 13.6 Å². The minimum absolute atomic E-state index is 0.166. The van der Waals surface area contributed by atoms with Gasteiger partial charge in [-0.25, -0.2) is 0 Å². The van der Waals surface area contributed by atoms with Crippen molar-refractivity contribution in [2.24, 2.45) is 28.9 Å². The molecule has 4 aliphatic carbocycles.